The molecule has 0 fully saturated rings. The number of aryl methyl sites for hydroxylation is 1. The smallest absolute Gasteiger partial charge is 0.257 e. The Morgan fingerprint density at radius 1 is 1.42 bits per heavy atom. The molecule has 100 valence electrons. The summed E-state index contributed by atoms with van der Waals surface area (Å²) < 4.78 is 0. The molecule has 2 aromatic rings. The fourth-order valence-corrected chi connectivity index (χ4v) is 2.44. The summed E-state index contributed by atoms with van der Waals surface area (Å²) in [5.74, 6) is -0.123. The first kappa shape index (κ1) is 13.7. The summed E-state index contributed by atoms with van der Waals surface area (Å²) in [6, 6.07) is 7.68. The van der Waals surface area contributed by atoms with E-state index >= 15 is 0 Å². The van der Waals surface area contributed by atoms with Gasteiger partial charge in [0.15, 0.2) is 5.13 Å². The molecule has 0 radical (unpaired) electrons. The normalized spacial score (nSPS) is 12.2. The Bertz CT molecular complexity index is 580. The van der Waals surface area contributed by atoms with Gasteiger partial charge < -0.3 is 5.32 Å². The lowest BCUT2D eigenvalue weighted by Gasteiger charge is -2.05. The van der Waals surface area contributed by atoms with Crippen molar-refractivity contribution in [2.75, 3.05) is 12.4 Å². The number of nitrogens with one attached hydrogen (secondary N) is 2. The Labute approximate surface area is 116 Å². The van der Waals surface area contributed by atoms with Gasteiger partial charge in [-0.25, -0.2) is 4.98 Å². The van der Waals surface area contributed by atoms with Crippen molar-refractivity contribution >= 4 is 22.4 Å². The Morgan fingerprint density at radius 3 is 2.89 bits per heavy atom. The van der Waals surface area contributed by atoms with Crippen LogP contribution in [0.5, 0.6) is 0 Å². The minimum atomic E-state index is -0.123. The molecule has 5 heteroatoms. The van der Waals surface area contributed by atoms with Crippen molar-refractivity contribution in [1.29, 1.82) is 0 Å². The molecule has 0 saturated carbocycles. The van der Waals surface area contributed by atoms with Crippen molar-refractivity contribution in [1.82, 2.24) is 10.3 Å². The van der Waals surface area contributed by atoms with Gasteiger partial charge in [0.25, 0.3) is 5.91 Å². The summed E-state index contributed by atoms with van der Waals surface area (Å²) in [5, 5.41) is 8.52. The number of carbonyl (C=O) groups is 1. The predicted molar refractivity (Wildman–Crippen MR) is 78.7 cm³/mol. The standard InChI is InChI=1S/C14H17N3OS/c1-9-5-4-6-11(7-9)13(18)17-14-16-12(8-19-14)10(2)15-3/h4-8,10,15H,1-3H3,(H,16,17,18). The Balaban J connectivity index is 2.09. The first-order valence-electron chi connectivity index (χ1n) is 6.11. The number of carbonyl (C=O) groups excluding carboxylic acids is 1. The summed E-state index contributed by atoms with van der Waals surface area (Å²) >= 11 is 1.44. The molecule has 1 unspecified atom stereocenters. The fourth-order valence-electron chi connectivity index (χ4n) is 1.65. The number of aromatic nitrogens is 1. The third-order valence-corrected chi connectivity index (χ3v) is 3.68. The van der Waals surface area contributed by atoms with E-state index in [1.54, 1.807) is 6.07 Å². The maximum atomic E-state index is 12.1. The second-order valence-electron chi connectivity index (χ2n) is 4.41. The zero-order chi connectivity index (χ0) is 13.8. The first-order chi connectivity index (χ1) is 9.10. The van der Waals surface area contributed by atoms with E-state index in [2.05, 4.69) is 15.6 Å². The van der Waals surface area contributed by atoms with Crippen molar-refractivity contribution < 1.29 is 4.79 Å². The molecular weight excluding hydrogens is 258 g/mol. The van der Waals surface area contributed by atoms with Crippen LogP contribution in [-0.2, 0) is 0 Å². The molecule has 0 spiro atoms. The van der Waals surface area contributed by atoms with Gasteiger partial charge in [0.2, 0.25) is 0 Å². The van der Waals surface area contributed by atoms with Crippen molar-refractivity contribution in [3.8, 4) is 0 Å². The summed E-state index contributed by atoms with van der Waals surface area (Å²) in [7, 11) is 1.88. The lowest BCUT2D eigenvalue weighted by Crippen LogP contribution is -2.14. The second-order valence-corrected chi connectivity index (χ2v) is 5.27. The molecule has 1 heterocycles. The second kappa shape index (κ2) is 5.95. The van der Waals surface area contributed by atoms with E-state index in [9.17, 15) is 4.79 Å². The van der Waals surface area contributed by atoms with Gasteiger partial charge in [0.1, 0.15) is 0 Å². The highest BCUT2D eigenvalue weighted by molar-refractivity contribution is 7.14. The quantitative estimate of drug-likeness (QED) is 0.902. The average molecular weight is 275 g/mol. The van der Waals surface area contributed by atoms with Gasteiger partial charge in [-0.2, -0.15) is 0 Å². The molecule has 19 heavy (non-hydrogen) atoms. The lowest BCUT2D eigenvalue weighted by atomic mass is 10.1. The van der Waals surface area contributed by atoms with E-state index in [0.29, 0.717) is 10.7 Å². The maximum absolute atomic E-state index is 12.1. The van der Waals surface area contributed by atoms with Crippen LogP contribution in [0.3, 0.4) is 0 Å². The van der Waals surface area contributed by atoms with Crippen molar-refractivity contribution in [2.24, 2.45) is 0 Å². The molecule has 2 rings (SSSR count). The van der Waals surface area contributed by atoms with Gasteiger partial charge in [0.05, 0.1) is 5.69 Å². The topological polar surface area (TPSA) is 54.0 Å². The van der Waals surface area contributed by atoms with E-state index < -0.39 is 0 Å². The summed E-state index contributed by atoms with van der Waals surface area (Å²) in [4.78, 5) is 16.4. The summed E-state index contributed by atoms with van der Waals surface area (Å²) in [6.45, 7) is 3.99. The number of rotatable bonds is 4. The molecule has 0 aliphatic carbocycles. The minimum Gasteiger partial charge on any atom is -0.312 e. The van der Waals surface area contributed by atoms with Crippen LogP contribution in [0.4, 0.5) is 5.13 Å². The van der Waals surface area contributed by atoms with Gasteiger partial charge in [0, 0.05) is 17.0 Å². The molecule has 0 bridgehead atoms. The van der Waals surface area contributed by atoms with E-state index in [4.69, 9.17) is 0 Å². The van der Waals surface area contributed by atoms with Crippen molar-refractivity contribution in [3.63, 3.8) is 0 Å². The van der Waals surface area contributed by atoms with Crippen LogP contribution in [0.15, 0.2) is 29.6 Å². The van der Waals surface area contributed by atoms with Gasteiger partial charge >= 0.3 is 0 Å². The predicted octanol–water partition coefficient (Wildman–Crippen LogP) is 2.98. The number of hydrogen-bond acceptors (Lipinski definition) is 4. The largest absolute Gasteiger partial charge is 0.312 e. The van der Waals surface area contributed by atoms with E-state index in [-0.39, 0.29) is 11.9 Å². The number of thiazole rings is 1. The molecule has 0 aliphatic rings. The zero-order valence-corrected chi connectivity index (χ0v) is 12.0. The average Bonchev–Trinajstić information content (AvgIpc) is 2.86. The van der Waals surface area contributed by atoms with Crippen LogP contribution in [0, 0.1) is 6.92 Å². The minimum absolute atomic E-state index is 0.123. The number of hydrogen-bond donors (Lipinski definition) is 2. The number of amides is 1. The molecule has 1 atom stereocenters. The Morgan fingerprint density at radius 2 is 2.21 bits per heavy atom. The van der Waals surface area contributed by atoms with Crippen LogP contribution >= 0.6 is 11.3 Å². The maximum Gasteiger partial charge on any atom is 0.257 e. The third kappa shape index (κ3) is 3.39. The SMILES string of the molecule is CNC(C)c1csc(NC(=O)c2cccc(C)c2)n1. The van der Waals surface area contributed by atoms with Gasteiger partial charge in [-0.3, -0.25) is 10.1 Å². The van der Waals surface area contributed by atoms with Crippen molar-refractivity contribution in [2.45, 2.75) is 19.9 Å². The third-order valence-electron chi connectivity index (χ3n) is 2.90. The molecule has 4 nitrogen and oxygen atoms in total. The highest BCUT2D eigenvalue weighted by atomic mass is 32.1. The molecule has 1 aromatic heterocycles. The highest BCUT2D eigenvalue weighted by Crippen LogP contribution is 2.20. The lowest BCUT2D eigenvalue weighted by molar-refractivity contribution is 0.102. The first-order valence-corrected chi connectivity index (χ1v) is 6.99. The van der Waals surface area contributed by atoms with Crippen LogP contribution < -0.4 is 10.6 Å². The monoisotopic (exact) mass is 275 g/mol. The molecule has 2 N–H and O–H groups in total. The summed E-state index contributed by atoms with van der Waals surface area (Å²) in [6.07, 6.45) is 0. The zero-order valence-electron chi connectivity index (χ0n) is 11.2. The van der Waals surface area contributed by atoms with E-state index in [1.165, 1.54) is 11.3 Å². The Kier molecular flexibility index (Phi) is 4.29. The van der Waals surface area contributed by atoms with Crippen LogP contribution in [0.25, 0.3) is 0 Å². The molecular formula is C14H17N3OS. The van der Waals surface area contributed by atoms with Crippen LogP contribution in [-0.4, -0.2) is 17.9 Å². The number of anilines is 1. The Hall–Kier alpha value is -1.72. The van der Waals surface area contributed by atoms with E-state index in [1.807, 2.05) is 44.5 Å². The van der Waals surface area contributed by atoms with Gasteiger partial charge in [-0.15, -0.1) is 11.3 Å². The van der Waals surface area contributed by atoms with Crippen molar-refractivity contribution in [3.05, 3.63) is 46.5 Å². The summed E-state index contributed by atoms with van der Waals surface area (Å²) in [5.41, 5.74) is 2.65. The van der Waals surface area contributed by atoms with Gasteiger partial charge in [-0.05, 0) is 33.0 Å². The van der Waals surface area contributed by atoms with Crippen LogP contribution in [0.1, 0.15) is 34.6 Å². The van der Waals surface area contributed by atoms with Gasteiger partial charge in [-0.1, -0.05) is 17.7 Å². The number of benzene rings is 1. The molecule has 1 amide bonds. The number of nitrogens with zero attached hydrogens (tertiary/aromatic N) is 1. The molecule has 0 saturated heterocycles. The molecule has 1 aromatic carbocycles. The van der Waals surface area contributed by atoms with E-state index in [0.717, 1.165) is 11.3 Å². The molecule has 0 aliphatic heterocycles. The van der Waals surface area contributed by atoms with Crippen LogP contribution in [0.2, 0.25) is 0 Å². The highest BCUT2D eigenvalue weighted by Gasteiger charge is 2.11. The fraction of sp³-hybridized carbons (Fsp3) is 0.286.